The van der Waals surface area contributed by atoms with Crippen LogP contribution in [0.3, 0.4) is 0 Å². The van der Waals surface area contributed by atoms with Gasteiger partial charge in [-0.05, 0) is 35.7 Å². The maximum atomic E-state index is 4.74. The zero-order valence-electron chi connectivity index (χ0n) is 13.9. The standard InChI is InChI=1S/C21H19N3/c1-14(12-17-8-5-7-16-6-3-4-9-19(16)17)21-23-15(2)18-10-11-22-13-20(18)24-21/h3-11,13-14H,12H2,1-2H3. The number of pyridine rings is 1. The maximum absolute atomic E-state index is 4.74. The van der Waals surface area contributed by atoms with E-state index in [-0.39, 0.29) is 5.92 Å². The summed E-state index contributed by atoms with van der Waals surface area (Å²) in [5.41, 5.74) is 3.28. The van der Waals surface area contributed by atoms with Gasteiger partial charge in [0.05, 0.1) is 11.7 Å². The van der Waals surface area contributed by atoms with Gasteiger partial charge in [-0.25, -0.2) is 9.97 Å². The first-order valence-electron chi connectivity index (χ1n) is 8.27. The van der Waals surface area contributed by atoms with Gasteiger partial charge in [0.25, 0.3) is 0 Å². The summed E-state index contributed by atoms with van der Waals surface area (Å²) in [6, 6.07) is 17.0. The van der Waals surface area contributed by atoms with Gasteiger partial charge in [0.15, 0.2) is 0 Å². The molecule has 4 rings (SSSR count). The van der Waals surface area contributed by atoms with Crippen LogP contribution in [0, 0.1) is 6.92 Å². The van der Waals surface area contributed by atoms with Gasteiger partial charge in [-0.1, -0.05) is 49.4 Å². The fourth-order valence-electron chi connectivity index (χ4n) is 3.27. The number of aryl methyl sites for hydroxylation is 1. The Hall–Kier alpha value is -2.81. The van der Waals surface area contributed by atoms with E-state index in [9.17, 15) is 0 Å². The average molecular weight is 313 g/mol. The number of benzene rings is 2. The lowest BCUT2D eigenvalue weighted by Gasteiger charge is -2.14. The largest absolute Gasteiger partial charge is 0.262 e. The van der Waals surface area contributed by atoms with E-state index in [2.05, 4.69) is 54.4 Å². The van der Waals surface area contributed by atoms with E-state index in [4.69, 9.17) is 9.97 Å². The van der Waals surface area contributed by atoms with Gasteiger partial charge < -0.3 is 0 Å². The first kappa shape index (κ1) is 14.8. The van der Waals surface area contributed by atoms with Crippen LogP contribution in [0.5, 0.6) is 0 Å². The smallest absolute Gasteiger partial charge is 0.132 e. The van der Waals surface area contributed by atoms with Crippen molar-refractivity contribution in [3.63, 3.8) is 0 Å². The number of hydrogen-bond donors (Lipinski definition) is 0. The van der Waals surface area contributed by atoms with Crippen LogP contribution >= 0.6 is 0 Å². The van der Waals surface area contributed by atoms with Gasteiger partial charge in [0, 0.05) is 23.2 Å². The van der Waals surface area contributed by atoms with E-state index in [1.807, 2.05) is 19.2 Å². The van der Waals surface area contributed by atoms with E-state index < -0.39 is 0 Å². The molecule has 0 N–H and O–H groups in total. The van der Waals surface area contributed by atoms with Gasteiger partial charge in [0.2, 0.25) is 0 Å². The van der Waals surface area contributed by atoms with Gasteiger partial charge >= 0.3 is 0 Å². The summed E-state index contributed by atoms with van der Waals surface area (Å²) in [6.07, 6.45) is 4.53. The highest BCUT2D eigenvalue weighted by atomic mass is 14.9. The van der Waals surface area contributed by atoms with Crippen LogP contribution < -0.4 is 0 Å². The van der Waals surface area contributed by atoms with Crippen molar-refractivity contribution in [2.24, 2.45) is 0 Å². The van der Waals surface area contributed by atoms with Crippen molar-refractivity contribution in [3.8, 4) is 0 Å². The molecule has 0 saturated heterocycles. The third-order valence-electron chi connectivity index (χ3n) is 4.55. The maximum Gasteiger partial charge on any atom is 0.132 e. The lowest BCUT2D eigenvalue weighted by Crippen LogP contribution is -2.06. The molecule has 1 atom stereocenters. The molecular weight excluding hydrogens is 294 g/mol. The molecule has 1 unspecified atom stereocenters. The van der Waals surface area contributed by atoms with E-state index in [1.165, 1.54) is 16.3 Å². The summed E-state index contributed by atoms with van der Waals surface area (Å²) in [6.45, 7) is 4.23. The van der Waals surface area contributed by atoms with Crippen molar-refractivity contribution in [2.75, 3.05) is 0 Å². The molecule has 3 nitrogen and oxygen atoms in total. The number of fused-ring (bicyclic) bond motifs is 2. The molecule has 0 aliphatic carbocycles. The number of aromatic nitrogens is 3. The summed E-state index contributed by atoms with van der Waals surface area (Å²) in [5, 5.41) is 3.67. The van der Waals surface area contributed by atoms with Crippen LogP contribution in [0.15, 0.2) is 60.9 Å². The SMILES string of the molecule is Cc1nc(C(C)Cc2cccc3ccccc23)nc2cnccc12. The van der Waals surface area contributed by atoms with Crippen LogP contribution in [-0.4, -0.2) is 15.0 Å². The average Bonchev–Trinajstić information content (AvgIpc) is 2.62. The van der Waals surface area contributed by atoms with E-state index >= 15 is 0 Å². The zero-order valence-corrected chi connectivity index (χ0v) is 13.9. The second-order valence-electron chi connectivity index (χ2n) is 6.30. The van der Waals surface area contributed by atoms with Crippen molar-refractivity contribution in [1.82, 2.24) is 15.0 Å². The minimum absolute atomic E-state index is 0.249. The van der Waals surface area contributed by atoms with Crippen molar-refractivity contribution in [2.45, 2.75) is 26.2 Å². The Balaban J connectivity index is 1.72. The van der Waals surface area contributed by atoms with E-state index in [0.717, 1.165) is 28.8 Å². The molecule has 24 heavy (non-hydrogen) atoms. The molecule has 2 aromatic carbocycles. The van der Waals surface area contributed by atoms with Crippen molar-refractivity contribution < 1.29 is 0 Å². The molecule has 0 saturated carbocycles. The Kier molecular flexibility index (Phi) is 3.69. The first-order valence-corrected chi connectivity index (χ1v) is 8.27. The Morgan fingerprint density at radius 3 is 2.67 bits per heavy atom. The zero-order chi connectivity index (χ0) is 16.5. The molecule has 0 amide bonds. The third-order valence-corrected chi connectivity index (χ3v) is 4.55. The molecule has 0 bridgehead atoms. The molecule has 0 aliphatic rings. The van der Waals surface area contributed by atoms with Crippen LogP contribution in [0.1, 0.15) is 29.9 Å². The fourth-order valence-corrected chi connectivity index (χ4v) is 3.27. The quantitative estimate of drug-likeness (QED) is 0.543. The second kappa shape index (κ2) is 6.00. The Morgan fingerprint density at radius 2 is 1.75 bits per heavy atom. The molecule has 0 radical (unpaired) electrons. The fraction of sp³-hybridized carbons (Fsp3) is 0.190. The van der Waals surface area contributed by atoms with Gasteiger partial charge in [0.1, 0.15) is 5.82 Å². The molecule has 118 valence electrons. The second-order valence-corrected chi connectivity index (χ2v) is 6.30. The normalized spacial score (nSPS) is 12.6. The third kappa shape index (κ3) is 2.62. The molecule has 0 aliphatic heterocycles. The number of rotatable bonds is 3. The predicted molar refractivity (Wildman–Crippen MR) is 98.1 cm³/mol. The molecule has 0 spiro atoms. The Bertz CT molecular complexity index is 1020. The topological polar surface area (TPSA) is 38.7 Å². The molecule has 0 fully saturated rings. The highest BCUT2D eigenvalue weighted by Crippen LogP contribution is 2.25. The van der Waals surface area contributed by atoms with E-state index in [1.54, 1.807) is 6.20 Å². The van der Waals surface area contributed by atoms with Crippen LogP contribution in [0.4, 0.5) is 0 Å². The van der Waals surface area contributed by atoms with Gasteiger partial charge in [-0.15, -0.1) is 0 Å². The summed E-state index contributed by atoms with van der Waals surface area (Å²) in [5.74, 6) is 1.14. The molecule has 4 aromatic rings. The highest BCUT2D eigenvalue weighted by Gasteiger charge is 2.14. The summed E-state index contributed by atoms with van der Waals surface area (Å²) >= 11 is 0. The molecule has 2 heterocycles. The lowest BCUT2D eigenvalue weighted by molar-refractivity contribution is 0.702. The lowest BCUT2D eigenvalue weighted by atomic mass is 9.95. The minimum atomic E-state index is 0.249. The van der Waals surface area contributed by atoms with Crippen molar-refractivity contribution >= 4 is 21.7 Å². The van der Waals surface area contributed by atoms with Crippen LogP contribution in [0.2, 0.25) is 0 Å². The molecular formula is C21H19N3. The highest BCUT2D eigenvalue weighted by molar-refractivity contribution is 5.85. The van der Waals surface area contributed by atoms with E-state index in [0.29, 0.717) is 0 Å². The summed E-state index contributed by atoms with van der Waals surface area (Å²) in [4.78, 5) is 13.7. The summed E-state index contributed by atoms with van der Waals surface area (Å²) < 4.78 is 0. The van der Waals surface area contributed by atoms with Crippen LogP contribution in [-0.2, 0) is 6.42 Å². The molecule has 3 heteroatoms. The summed E-state index contributed by atoms with van der Waals surface area (Å²) in [7, 11) is 0. The van der Waals surface area contributed by atoms with Crippen LogP contribution in [0.25, 0.3) is 21.7 Å². The Labute approximate surface area is 141 Å². The van der Waals surface area contributed by atoms with Crippen molar-refractivity contribution in [1.29, 1.82) is 0 Å². The first-order chi connectivity index (χ1) is 11.7. The minimum Gasteiger partial charge on any atom is -0.262 e. The molecule has 2 aromatic heterocycles. The number of hydrogen-bond acceptors (Lipinski definition) is 3. The Morgan fingerprint density at radius 1 is 0.917 bits per heavy atom. The van der Waals surface area contributed by atoms with Gasteiger partial charge in [-0.3, -0.25) is 4.98 Å². The van der Waals surface area contributed by atoms with Gasteiger partial charge in [-0.2, -0.15) is 0 Å². The predicted octanol–water partition coefficient (Wildman–Crippen LogP) is 4.83. The monoisotopic (exact) mass is 313 g/mol. The number of nitrogens with zero attached hydrogens (tertiary/aromatic N) is 3. The van der Waals surface area contributed by atoms with Crippen molar-refractivity contribution in [3.05, 3.63) is 78.0 Å².